The van der Waals surface area contributed by atoms with E-state index in [1.54, 1.807) is 0 Å². The van der Waals surface area contributed by atoms with Crippen LogP contribution in [-0.4, -0.2) is 15.7 Å². The first-order valence-electron chi connectivity index (χ1n) is 8.34. The first kappa shape index (κ1) is 17.3. The lowest BCUT2D eigenvalue weighted by Gasteiger charge is -2.15. The summed E-state index contributed by atoms with van der Waals surface area (Å²) in [6.07, 6.45) is 1.44. The monoisotopic (exact) mass is 313 g/mol. The fourth-order valence-corrected chi connectivity index (χ4v) is 2.98. The summed E-state index contributed by atoms with van der Waals surface area (Å²) in [5.41, 5.74) is 3.96. The Morgan fingerprint density at radius 3 is 2.39 bits per heavy atom. The molecule has 1 amide bonds. The van der Waals surface area contributed by atoms with Crippen LogP contribution in [0.25, 0.3) is 0 Å². The van der Waals surface area contributed by atoms with Gasteiger partial charge in [0.05, 0.1) is 17.1 Å². The van der Waals surface area contributed by atoms with E-state index in [2.05, 4.69) is 43.3 Å². The van der Waals surface area contributed by atoms with Crippen molar-refractivity contribution in [3.63, 3.8) is 0 Å². The summed E-state index contributed by atoms with van der Waals surface area (Å²) >= 11 is 0. The number of hydrogen-bond acceptors (Lipinski definition) is 2. The second-order valence-electron chi connectivity index (χ2n) is 6.35. The van der Waals surface area contributed by atoms with Crippen molar-refractivity contribution in [1.82, 2.24) is 9.78 Å². The van der Waals surface area contributed by atoms with Gasteiger partial charge in [0.15, 0.2) is 0 Å². The van der Waals surface area contributed by atoms with Gasteiger partial charge in [-0.3, -0.25) is 9.48 Å². The van der Waals surface area contributed by atoms with Crippen molar-refractivity contribution in [1.29, 1.82) is 0 Å². The summed E-state index contributed by atoms with van der Waals surface area (Å²) in [5, 5.41) is 7.59. The van der Waals surface area contributed by atoms with E-state index in [9.17, 15) is 4.79 Å². The lowest BCUT2D eigenvalue weighted by molar-refractivity contribution is -0.116. The number of carbonyl (C=O) groups excluding carboxylic acids is 1. The fraction of sp³-hybridized carbons (Fsp3) is 0.474. The maximum absolute atomic E-state index is 12.5. The molecule has 1 unspecified atom stereocenters. The van der Waals surface area contributed by atoms with Crippen molar-refractivity contribution in [3.05, 3.63) is 47.3 Å². The zero-order valence-electron chi connectivity index (χ0n) is 14.8. The van der Waals surface area contributed by atoms with Crippen molar-refractivity contribution in [2.75, 3.05) is 5.32 Å². The molecule has 1 atom stereocenters. The number of nitrogens with one attached hydrogen (secondary N) is 1. The summed E-state index contributed by atoms with van der Waals surface area (Å²) in [6.45, 7) is 10.2. The van der Waals surface area contributed by atoms with E-state index in [0.717, 1.165) is 23.5 Å². The second-order valence-corrected chi connectivity index (χ2v) is 6.35. The molecular formula is C19H27N3O. The van der Waals surface area contributed by atoms with E-state index in [4.69, 9.17) is 0 Å². The molecule has 23 heavy (non-hydrogen) atoms. The van der Waals surface area contributed by atoms with Gasteiger partial charge in [-0.05, 0) is 45.6 Å². The molecule has 0 aliphatic rings. The zero-order valence-corrected chi connectivity index (χ0v) is 14.8. The maximum atomic E-state index is 12.5. The molecule has 0 saturated carbocycles. The number of aromatic nitrogens is 2. The maximum Gasteiger partial charge on any atom is 0.225 e. The number of anilines is 1. The number of rotatable bonds is 6. The van der Waals surface area contributed by atoms with Gasteiger partial charge in [0.2, 0.25) is 5.91 Å². The average Bonchev–Trinajstić information content (AvgIpc) is 2.81. The minimum Gasteiger partial charge on any atom is -0.323 e. The van der Waals surface area contributed by atoms with E-state index in [1.807, 2.05) is 36.7 Å². The SMILES string of the molecule is CCC(CC(=O)Nc1c(C)nn(C(C)C)c1C)c1ccccc1. The highest BCUT2D eigenvalue weighted by molar-refractivity contribution is 5.92. The van der Waals surface area contributed by atoms with Crippen LogP contribution in [0.15, 0.2) is 30.3 Å². The van der Waals surface area contributed by atoms with Gasteiger partial charge < -0.3 is 5.32 Å². The van der Waals surface area contributed by atoms with Gasteiger partial charge in [0, 0.05) is 12.5 Å². The lowest BCUT2D eigenvalue weighted by Crippen LogP contribution is -2.16. The smallest absolute Gasteiger partial charge is 0.225 e. The van der Waals surface area contributed by atoms with Gasteiger partial charge in [-0.15, -0.1) is 0 Å². The molecule has 2 rings (SSSR count). The molecule has 124 valence electrons. The topological polar surface area (TPSA) is 46.9 Å². The Morgan fingerprint density at radius 2 is 1.87 bits per heavy atom. The Morgan fingerprint density at radius 1 is 1.22 bits per heavy atom. The van der Waals surface area contributed by atoms with Crippen LogP contribution in [0.4, 0.5) is 5.69 Å². The number of nitrogens with zero attached hydrogens (tertiary/aromatic N) is 2. The van der Waals surface area contributed by atoms with E-state index >= 15 is 0 Å². The van der Waals surface area contributed by atoms with Gasteiger partial charge in [-0.2, -0.15) is 5.10 Å². The number of carbonyl (C=O) groups is 1. The molecule has 0 saturated heterocycles. The largest absolute Gasteiger partial charge is 0.323 e. The first-order valence-corrected chi connectivity index (χ1v) is 8.34. The number of benzene rings is 1. The van der Waals surface area contributed by atoms with E-state index in [0.29, 0.717) is 6.42 Å². The predicted octanol–water partition coefficient (Wildman–Crippen LogP) is 4.60. The molecule has 0 aliphatic heterocycles. The van der Waals surface area contributed by atoms with Crippen LogP contribution in [0.3, 0.4) is 0 Å². The highest BCUT2D eigenvalue weighted by Crippen LogP contribution is 2.26. The third kappa shape index (κ3) is 4.01. The quantitative estimate of drug-likeness (QED) is 0.847. The van der Waals surface area contributed by atoms with E-state index in [1.165, 1.54) is 5.56 Å². The van der Waals surface area contributed by atoms with Gasteiger partial charge in [0.1, 0.15) is 0 Å². The van der Waals surface area contributed by atoms with Crippen LogP contribution in [0.1, 0.15) is 62.5 Å². The van der Waals surface area contributed by atoms with Crippen molar-refractivity contribution in [2.24, 2.45) is 0 Å². The summed E-state index contributed by atoms with van der Waals surface area (Å²) in [7, 11) is 0. The van der Waals surface area contributed by atoms with Gasteiger partial charge in [-0.1, -0.05) is 37.3 Å². The van der Waals surface area contributed by atoms with E-state index < -0.39 is 0 Å². The number of amides is 1. The number of hydrogen-bond donors (Lipinski definition) is 1. The first-order chi connectivity index (χ1) is 10.9. The third-order valence-corrected chi connectivity index (χ3v) is 4.27. The molecule has 4 heteroatoms. The molecule has 0 fully saturated rings. The average molecular weight is 313 g/mol. The molecule has 0 aliphatic carbocycles. The van der Waals surface area contributed by atoms with Crippen LogP contribution < -0.4 is 5.32 Å². The van der Waals surface area contributed by atoms with Crippen molar-refractivity contribution < 1.29 is 4.79 Å². The summed E-state index contributed by atoms with van der Waals surface area (Å²) in [6, 6.07) is 10.5. The molecular weight excluding hydrogens is 286 g/mol. The van der Waals surface area contributed by atoms with Crippen molar-refractivity contribution in [3.8, 4) is 0 Å². The second kappa shape index (κ2) is 7.44. The van der Waals surface area contributed by atoms with Crippen LogP contribution >= 0.6 is 0 Å². The summed E-state index contributed by atoms with van der Waals surface area (Å²) < 4.78 is 1.96. The molecule has 2 aromatic rings. The van der Waals surface area contributed by atoms with Crippen LogP contribution in [-0.2, 0) is 4.79 Å². The van der Waals surface area contributed by atoms with Gasteiger partial charge in [0.25, 0.3) is 0 Å². The highest BCUT2D eigenvalue weighted by atomic mass is 16.1. The normalized spacial score (nSPS) is 12.4. The van der Waals surface area contributed by atoms with Crippen molar-refractivity contribution >= 4 is 11.6 Å². The standard InChI is InChI=1S/C19H27N3O/c1-6-16(17-10-8-7-9-11-17)12-18(23)20-19-14(4)21-22(13(2)3)15(19)5/h7-11,13,16H,6,12H2,1-5H3,(H,20,23). The van der Waals surface area contributed by atoms with Crippen molar-refractivity contribution in [2.45, 2.75) is 59.4 Å². The molecule has 0 radical (unpaired) electrons. The molecule has 1 aromatic heterocycles. The predicted molar refractivity (Wildman–Crippen MR) is 94.8 cm³/mol. The molecule has 1 heterocycles. The Kier molecular flexibility index (Phi) is 5.59. The summed E-state index contributed by atoms with van der Waals surface area (Å²) in [4.78, 5) is 12.5. The Balaban J connectivity index is 2.10. The zero-order chi connectivity index (χ0) is 17.0. The van der Waals surface area contributed by atoms with Crippen LogP contribution in [0.2, 0.25) is 0 Å². The lowest BCUT2D eigenvalue weighted by atomic mass is 9.93. The highest BCUT2D eigenvalue weighted by Gasteiger charge is 2.18. The third-order valence-electron chi connectivity index (χ3n) is 4.27. The minimum atomic E-state index is 0.0511. The summed E-state index contributed by atoms with van der Waals surface area (Å²) in [5.74, 6) is 0.298. The van der Waals surface area contributed by atoms with E-state index in [-0.39, 0.29) is 17.9 Å². The molecule has 4 nitrogen and oxygen atoms in total. The Bertz CT molecular complexity index is 659. The van der Waals surface area contributed by atoms with Crippen LogP contribution in [0.5, 0.6) is 0 Å². The molecule has 1 N–H and O–H groups in total. The van der Waals surface area contributed by atoms with Gasteiger partial charge in [-0.25, -0.2) is 0 Å². The van der Waals surface area contributed by atoms with Gasteiger partial charge >= 0.3 is 0 Å². The fourth-order valence-electron chi connectivity index (χ4n) is 2.98. The minimum absolute atomic E-state index is 0.0511. The Labute approximate surface area is 138 Å². The molecule has 0 bridgehead atoms. The molecule has 1 aromatic carbocycles. The molecule has 0 spiro atoms. The Hall–Kier alpha value is -2.10. The van der Waals surface area contributed by atoms with Crippen LogP contribution in [0, 0.1) is 13.8 Å². The number of aryl methyl sites for hydroxylation is 1.